The van der Waals surface area contributed by atoms with E-state index in [1.54, 1.807) is 0 Å². The molecule has 2 heterocycles. The first kappa shape index (κ1) is 12.6. The topological polar surface area (TPSA) is 60.1 Å². The van der Waals surface area contributed by atoms with Crippen LogP contribution in [0.15, 0.2) is 0 Å². The summed E-state index contributed by atoms with van der Waals surface area (Å²) >= 11 is 0. The summed E-state index contributed by atoms with van der Waals surface area (Å²) in [7, 11) is 0. The molecule has 0 bridgehead atoms. The number of nitrogens with one attached hydrogen (secondary N) is 1. The third-order valence-electron chi connectivity index (χ3n) is 3.35. The molecule has 0 radical (unpaired) electrons. The molecule has 0 aromatic rings. The highest BCUT2D eigenvalue weighted by molar-refractivity contribution is 5.69. The number of hydrogen-bond donors (Lipinski definition) is 1. The van der Waals surface area contributed by atoms with Gasteiger partial charge in [-0.15, -0.1) is 0 Å². The van der Waals surface area contributed by atoms with E-state index in [4.69, 9.17) is 14.2 Å². The highest BCUT2D eigenvalue weighted by Crippen LogP contribution is 2.42. The number of hydrogen-bond acceptors (Lipinski definition) is 4. The van der Waals surface area contributed by atoms with E-state index in [9.17, 15) is 4.79 Å². The van der Waals surface area contributed by atoms with Crippen LogP contribution in [-0.2, 0) is 14.2 Å². The Morgan fingerprint density at radius 3 is 2.41 bits per heavy atom. The first-order valence-electron chi connectivity index (χ1n) is 5.99. The highest BCUT2D eigenvalue weighted by Gasteiger charge is 2.61. The Labute approximate surface area is 102 Å². The summed E-state index contributed by atoms with van der Waals surface area (Å²) in [5.74, 6) is 0. The van der Waals surface area contributed by atoms with Crippen LogP contribution in [-0.4, -0.2) is 42.7 Å². The molecule has 2 unspecified atom stereocenters. The monoisotopic (exact) mass is 243 g/mol. The Kier molecular flexibility index (Phi) is 2.86. The van der Waals surface area contributed by atoms with E-state index in [1.165, 1.54) is 0 Å². The average Bonchev–Trinajstić information content (AvgIpc) is 2.74. The standard InChI is InChI=1S/C12H21NO4/c1-10(2,3)17-9(14)13-12(5-6-15-8-12)11(4)7-16-11/h5-8H2,1-4H3,(H,13,14). The average molecular weight is 243 g/mol. The quantitative estimate of drug-likeness (QED) is 0.746. The van der Waals surface area contributed by atoms with Crippen molar-refractivity contribution in [2.24, 2.45) is 0 Å². The van der Waals surface area contributed by atoms with Gasteiger partial charge < -0.3 is 19.5 Å². The second-order valence-corrected chi connectivity index (χ2v) is 6.03. The van der Waals surface area contributed by atoms with Crippen LogP contribution >= 0.6 is 0 Å². The predicted octanol–water partition coefficient (Wildman–Crippen LogP) is 1.46. The van der Waals surface area contributed by atoms with E-state index in [1.807, 2.05) is 27.7 Å². The fourth-order valence-corrected chi connectivity index (χ4v) is 2.10. The van der Waals surface area contributed by atoms with E-state index in [-0.39, 0.29) is 5.60 Å². The summed E-state index contributed by atoms with van der Waals surface area (Å²) in [5, 5.41) is 2.94. The minimum Gasteiger partial charge on any atom is -0.444 e. The van der Waals surface area contributed by atoms with Gasteiger partial charge in [-0.05, 0) is 34.1 Å². The number of carbonyl (C=O) groups is 1. The van der Waals surface area contributed by atoms with Crippen LogP contribution in [0.25, 0.3) is 0 Å². The fourth-order valence-electron chi connectivity index (χ4n) is 2.10. The van der Waals surface area contributed by atoms with Crippen LogP contribution in [0.4, 0.5) is 4.79 Å². The van der Waals surface area contributed by atoms with Gasteiger partial charge in [-0.2, -0.15) is 0 Å². The van der Waals surface area contributed by atoms with Gasteiger partial charge in [-0.1, -0.05) is 0 Å². The molecule has 1 N–H and O–H groups in total. The zero-order chi connectivity index (χ0) is 12.7. The van der Waals surface area contributed by atoms with Gasteiger partial charge in [0, 0.05) is 6.61 Å². The van der Waals surface area contributed by atoms with Crippen molar-refractivity contribution in [3.05, 3.63) is 0 Å². The minimum atomic E-state index is -0.490. The molecule has 2 aliphatic heterocycles. The van der Waals surface area contributed by atoms with Gasteiger partial charge >= 0.3 is 6.09 Å². The van der Waals surface area contributed by atoms with Crippen molar-refractivity contribution in [2.45, 2.75) is 50.9 Å². The van der Waals surface area contributed by atoms with Crippen molar-refractivity contribution in [2.75, 3.05) is 19.8 Å². The summed E-state index contributed by atoms with van der Waals surface area (Å²) in [6.45, 7) is 9.34. The molecule has 0 aliphatic carbocycles. The molecule has 0 aromatic heterocycles. The van der Waals surface area contributed by atoms with Crippen molar-refractivity contribution >= 4 is 6.09 Å². The molecule has 2 rings (SSSR count). The summed E-state index contributed by atoms with van der Waals surface area (Å²) in [6, 6.07) is 0. The third kappa shape index (κ3) is 2.55. The molecule has 2 fully saturated rings. The van der Waals surface area contributed by atoms with E-state index < -0.39 is 17.2 Å². The first-order valence-corrected chi connectivity index (χ1v) is 5.99. The van der Waals surface area contributed by atoms with Crippen LogP contribution in [0.5, 0.6) is 0 Å². The van der Waals surface area contributed by atoms with E-state index in [2.05, 4.69) is 5.32 Å². The van der Waals surface area contributed by atoms with Gasteiger partial charge in [-0.25, -0.2) is 4.79 Å². The molecule has 5 nitrogen and oxygen atoms in total. The predicted molar refractivity (Wildman–Crippen MR) is 61.9 cm³/mol. The molecule has 98 valence electrons. The first-order chi connectivity index (χ1) is 7.77. The largest absolute Gasteiger partial charge is 0.444 e. The molecule has 2 aliphatic rings. The van der Waals surface area contributed by atoms with Gasteiger partial charge in [0.05, 0.1) is 18.8 Å². The van der Waals surface area contributed by atoms with Gasteiger partial charge in [-0.3, -0.25) is 0 Å². The Bertz CT molecular complexity index is 311. The minimum absolute atomic E-state index is 0.305. The maximum atomic E-state index is 11.8. The van der Waals surface area contributed by atoms with Gasteiger partial charge in [0.15, 0.2) is 0 Å². The number of epoxide rings is 1. The molecule has 2 atom stereocenters. The molecule has 17 heavy (non-hydrogen) atoms. The number of ether oxygens (including phenoxy) is 3. The lowest BCUT2D eigenvalue weighted by atomic mass is 9.84. The maximum Gasteiger partial charge on any atom is 0.408 e. The molecule has 2 saturated heterocycles. The molecule has 0 aromatic carbocycles. The van der Waals surface area contributed by atoms with Crippen molar-refractivity contribution in [3.63, 3.8) is 0 Å². The SMILES string of the molecule is CC(C)(C)OC(=O)NC1(C2(C)CO2)CCOC1. The number of alkyl carbamates (subject to hydrolysis) is 1. The van der Waals surface area contributed by atoms with Crippen molar-refractivity contribution in [1.29, 1.82) is 0 Å². The van der Waals surface area contributed by atoms with Gasteiger partial charge in [0.1, 0.15) is 11.2 Å². The summed E-state index contributed by atoms with van der Waals surface area (Å²) in [5.41, 5.74) is -1.23. The van der Waals surface area contributed by atoms with Crippen LogP contribution < -0.4 is 5.32 Å². The normalized spacial score (nSPS) is 36.7. The Morgan fingerprint density at radius 2 is 2.00 bits per heavy atom. The van der Waals surface area contributed by atoms with Gasteiger partial charge in [0.25, 0.3) is 0 Å². The van der Waals surface area contributed by atoms with Crippen LogP contribution in [0.3, 0.4) is 0 Å². The van der Waals surface area contributed by atoms with Crippen LogP contribution in [0, 0.1) is 0 Å². The molecule has 5 heteroatoms. The number of amides is 1. The second kappa shape index (κ2) is 3.85. The van der Waals surface area contributed by atoms with Crippen LogP contribution in [0.1, 0.15) is 34.1 Å². The lowest BCUT2D eigenvalue weighted by molar-refractivity contribution is 0.0352. The summed E-state index contributed by atoms with van der Waals surface area (Å²) in [4.78, 5) is 11.8. The Hall–Kier alpha value is -0.810. The van der Waals surface area contributed by atoms with Gasteiger partial charge in [0.2, 0.25) is 0 Å². The smallest absolute Gasteiger partial charge is 0.408 e. The van der Waals surface area contributed by atoms with E-state index in [0.29, 0.717) is 19.8 Å². The number of carbonyl (C=O) groups excluding carboxylic acids is 1. The highest BCUT2D eigenvalue weighted by atomic mass is 16.6. The zero-order valence-corrected chi connectivity index (χ0v) is 11.0. The van der Waals surface area contributed by atoms with Crippen molar-refractivity contribution < 1.29 is 19.0 Å². The Morgan fingerprint density at radius 1 is 1.35 bits per heavy atom. The lowest BCUT2D eigenvalue weighted by Gasteiger charge is -2.33. The maximum absolute atomic E-state index is 11.8. The fraction of sp³-hybridized carbons (Fsp3) is 0.917. The molecule has 1 amide bonds. The molecule has 0 spiro atoms. The van der Waals surface area contributed by atoms with E-state index >= 15 is 0 Å². The second-order valence-electron chi connectivity index (χ2n) is 6.03. The summed E-state index contributed by atoms with van der Waals surface area (Å²) in [6.07, 6.45) is 0.364. The Balaban J connectivity index is 2.02. The van der Waals surface area contributed by atoms with E-state index in [0.717, 1.165) is 6.42 Å². The van der Waals surface area contributed by atoms with Crippen molar-refractivity contribution in [3.8, 4) is 0 Å². The molecule has 0 saturated carbocycles. The van der Waals surface area contributed by atoms with Crippen LogP contribution in [0.2, 0.25) is 0 Å². The molecular formula is C12H21NO4. The summed E-state index contributed by atoms with van der Waals surface area (Å²) < 4.78 is 16.2. The zero-order valence-electron chi connectivity index (χ0n) is 11.0. The van der Waals surface area contributed by atoms with Crippen molar-refractivity contribution in [1.82, 2.24) is 5.32 Å². The molecular weight excluding hydrogens is 222 g/mol. The lowest BCUT2D eigenvalue weighted by Crippen LogP contribution is -2.59. The number of rotatable bonds is 2. The third-order valence-corrected chi connectivity index (χ3v) is 3.35.